The molecule has 6 heteroatoms. The molecule has 0 aromatic heterocycles. The van der Waals surface area contributed by atoms with Crippen molar-refractivity contribution in [2.45, 2.75) is 6.92 Å². The van der Waals surface area contributed by atoms with E-state index in [2.05, 4.69) is 6.58 Å². The van der Waals surface area contributed by atoms with Gasteiger partial charge in [0.05, 0.1) is 26.4 Å². The van der Waals surface area contributed by atoms with Crippen molar-refractivity contribution < 1.29 is 24.1 Å². The molecule has 0 saturated carbocycles. The van der Waals surface area contributed by atoms with Gasteiger partial charge < -0.3 is 24.2 Å². The van der Waals surface area contributed by atoms with Gasteiger partial charge in [-0.05, 0) is 21.0 Å². The van der Waals surface area contributed by atoms with Crippen molar-refractivity contribution in [3.8, 4) is 0 Å². The summed E-state index contributed by atoms with van der Waals surface area (Å²) in [6, 6.07) is 0. The second-order valence-corrected chi connectivity index (χ2v) is 3.71. The zero-order chi connectivity index (χ0) is 14.9. The standard InChI is InChI=1S/C7H13NO2.C6H14O3/c1-4-7(9)10-6-5-8(2)3;1-2-8-5-6-9-4-3-7/h4H,1,5-6H2,2-3H3;7H,2-6H2,1H3. The molecule has 0 aliphatic rings. The molecular formula is C13H27NO5. The van der Waals surface area contributed by atoms with Crippen LogP contribution in [0.15, 0.2) is 12.7 Å². The van der Waals surface area contributed by atoms with E-state index in [-0.39, 0.29) is 12.6 Å². The number of carbonyl (C=O) groups excluding carboxylic acids is 1. The van der Waals surface area contributed by atoms with Crippen LogP contribution in [0.5, 0.6) is 0 Å². The van der Waals surface area contributed by atoms with Crippen LogP contribution in [0.4, 0.5) is 0 Å². The van der Waals surface area contributed by atoms with Gasteiger partial charge in [0.2, 0.25) is 0 Å². The molecule has 0 spiro atoms. The first-order valence-corrected chi connectivity index (χ1v) is 6.28. The molecule has 0 aromatic rings. The van der Waals surface area contributed by atoms with E-state index in [1.54, 1.807) is 0 Å². The Morgan fingerprint density at radius 1 is 1.21 bits per heavy atom. The van der Waals surface area contributed by atoms with Crippen molar-refractivity contribution >= 4 is 5.97 Å². The summed E-state index contributed by atoms with van der Waals surface area (Å²) in [4.78, 5) is 12.4. The Morgan fingerprint density at radius 3 is 2.32 bits per heavy atom. The van der Waals surface area contributed by atoms with E-state index in [9.17, 15) is 4.79 Å². The van der Waals surface area contributed by atoms with Crippen LogP contribution >= 0.6 is 0 Å². The zero-order valence-corrected chi connectivity index (χ0v) is 12.3. The lowest BCUT2D eigenvalue weighted by Crippen LogP contribution is -2.19. The number of esters is 1. The van der Waals surface area contributed by atoms with Crippen molar-refractivity contribution in [2.75, 3.05) is 60.3 Å². The summed E-state index contributed by atoms with van der Waals surface area (Å²) in [6.07, 6.45) is 1.16. The normalized spacial score (nSPS) is 9.74. The Kier molecular flexibility index (Phi) is 18.3. The molecule has 0 atom stereocenters. The molecule has 0 radical (unpaired) electrons. The Morgan fingerprint density at radius 2 is 1.84 bits per heavy atom. The van der Waals surface area contributed by atoms with Crippen LogP contribution in [0.3, 0.4) is 0 Å². The van der Waals surface area contributed by atoms with Crippen LogP contribution in [0.1, 0.15) is 6.92 Å². The van der Waals surface area contributed by atoms with Gasteiger partial charge in [0.15, 0.2) is 0 Å². The van der Waals surface area contributed by atoms with Gasteiger partial charge in [-0.2, -0.15) is 0 Å². The molecule has 19 heavy (non-hydrogen) atoms. The second-order valence-electron chi connectivity index (χ2n) is 3.71. The lowest BCUT2D eigenvalue weighted by atomic mass is 10.6. The third kappa shape index (κ3) is 22.7. The van der Waals surface area contributed by atoms with Crippen molar-refractivity contribution in [3.05, 3.63) is 12.7 Å². The number of rotatable bonds is 10. The van der Waals surface area contributed by atoms with Crippen molar-refractivity contribution in [3.63, 3.8) is 0 Å². The third-order valence-electron chi connectivity index (χ3n) is 1.76. The lowest BCUT2D eigenvalue weighted by molar-refractivity contribution is -0.137. The zero-order valence-electron chi connectivity index (χ0n) is 12.3. The maximum Gasteiger partial charge on any atom is 0.330 e. The van der Waals surface area contributed by atoms with E-state index in [1.807, 2.05) is 25.9 Å². The minimum absolute atomic E-state index is 0.0894. The first-order valence-electron chi connectivity index (χ1n) is 6.28. The minimum atomic E-state index is -0.359. The molecule has 6 nitrogen and oxygen atoms in total. The first-order chi connectivity index (χ1) is 9.08. The highest BCUT2D eigenvalue weighted by Crippen LogP contribution is 1.80. The molecule has 0 saturated heterocycles. The van der Waals surface area contributed by atoms with Crippen LogP contribution in [0.2, 0.25) is 0 Å². The van der Waals surface area contributed by atoms with Gasteiger partial charge in [0.1, 0.15) is 6.61 Å². The van der Waals surface area contributed by atoms with Gasteiger partial charge in [0.25, 0.3) is 0 Å². The number of ether oxygens (including phenoxy) is 3. The highest BCUT2D eigenvalue weighted by Gasteiger charge is 1.94. The highest BCUT2D eigenvalue weighted by molar-refractivity contribution is 5.81. The molecule has 1 N–H and O–H groups in total. The lowest BCUT2D eigenvalue weighted by Gasteiger charge is -2.07. The van der Waals surface area contributed by atoms with Crippen molar-refractivity contribution in [1.29, 1.82) is 0 Å². The summed E-state index contributed by atoms with van der Waals surface area (Å²) < 4.78 is 14.6. The maximum absolute atomic E-state index is 10.4. The number of nitrogens with zero attached hydrogens (tertiary/aromatic N) is 1. The van der Waals surface area contributed by atoms with E-state index in [0.29, 0.717) is 26.4 Å². The second kappa shape index (κ2) is 17.1. The molecular weight excluding hydrogens is 250 g/mol. The predicted molar refractivity (Wildman–Crippen MR) is 74.1 cm³/mol. The van der Waals surface area contributed by atoms with Crippen LogP contribution in [-0.4, -0.2) is 76.3 Å². The molecule has 0 rings (SSSR count). The van der Waals surface area contributed by atoms with Gasteiger partial charge in [0, 0.05) is 19.2 Å². The van der Waals surface area contributed by atoms with Gasteiger partial charge in [-0.3, -0.25) is 0 Å². The summed E-state index contributed by atoms with van der Waals surface area (Å²) in [5.74, 6) is -0.359. The summed E-state index contributed by atoms with van der Waals surface area (Å²) in [6.45, 7) is 8.81. The Hall–Kier alpha value is -0.950. The topological polar surface area (TPSA) is 68.2 Å². The van der Waals surface area contributed by atoms with Crippen LogP contribution < -0.4 is 0 Å². The molecule has 0 aliphatic heterocycles. The van der Waals surface area contributed by atoms with Gasteiger partial charge >= 0.3 is 5.97 Å². The summed E-state index contributed by atoms with van der Waals surface area (Å²) >= 11 is 0. The fraction of sp³-hybridized carbons (Fsp3) is 0.769. The highest BCUT2D eigenvalue weighted by atomic mass is 16.5. The number of likely N-dealkylation sites (N-methyl/N-ethyl adjacent to an activating group) is 1. The molecule has 0 aromatic carbocycles. The van der Waals surface area contributed by atoms with E-state index >= 15 is 0 Å². The molecule has 0 fully saturated rings. The fourth-order valence-electron chi connectivity index (χ4n) is 0.817. The van der Waals surface area contributed by atoms with Gasteiger partial charge in [-0.15, -0.1) is 0 Å². The molecule has 0 amide bonds. The van der Waals surface area contributed by atoms with E-state index < -0.39 is 0 Å². The first kappa shape index (κ1) is 20.4. The van der Waals surface area contributed by atoms with E-state index in [1.165, 1.54) is 0 Å². The quantitative estimate of drug-likeness (QED) is 0.352. The van der Waals surface area contributed by atoms with E-state index in [0.717, 1.165) is 19.2 Å². The smallest absolute Gasteiger partial charge is 0.330 e. The SMILES string of the molecule is C=CC(=O)OCCN(C)C.CCOCCOCCO. The largest absolute Gasteiger partial charge is 0.461 e. The van der Waals surface area contributed by atoms with E-state index in [4.69, 9.17) is 19.3 Å². The maximum atomic E-state index is 10.4. The van der Waals surface area contributed by atoms with Crippen molar-refractivity contribution in [1.82, 2.24) is 4.90 Å². The Labute approximate surface area is 115 Å². The predicted octanol–water partition coefficient (Wildman–Crippen LogP) is 0.309. The number of carbonyl (C=O) groups is 1. The van der Waals surface area contributed by atoms with Gasteiger partial charge in [-0.1, -0.05) is 6.58 Å². The average Bonchev–Trinajstić information content (AvgIpc) is 2.39. The average molecular weight is 277 g/mol. The van der Waals surface area contributed by atoms with Crippen LogP contribution in [-0.2, 0) is 19.0 Å². The molecule has 0 heterocycles. The Balaban J connectivity index is 0. The summed E-state index contributed by atoms with van der Waals surface area (Å²) in [5.41, 5.74) is 0. The third-order valence-corrected chi connectivity index (χ3v) is 1.76. The molecule has 0 bridgehead atoms. The summed E-state index contributed by atoms with van der Waals surface area (Å²) in [7, 11) is 3.84. The molecule has 0 unspecified atom stereocenters. The minimum Gasteiger partial charge on any atom is -0.461 e. The Bertz CT molecular complexity index is 203. The van der Waals surface area contributed by atoms with Crippen LogP contribution in [0, 0.1) is 0 Å². The monoisotopic (exact) mass is 277 g/mol. The fourth-order valence-corrected chi connectivity index (χ4v) is 0.817. The molecule has 114 valence electrons. The van der Waals surface area contributed by atoms with Crippen molar-refractivity contribution in [2.24, 2.45) is 0 Å². The number of aliphatic hydroxyl groups excluding tert-OH is 1. The number of hydrogen-bond donors (Lipinski definition) is 1. The van der Waals surface area contributed by atoms with Gasteiger partial charge in [-0.25, -0.2) is 4.79 Å². The van der Waals surface area contributed by atoms with Crippen LogP contribution in [0.25, 0.3) is 0 Å². The molecule has 0 aliphatic carbocycles. The number of hydrogen-bond acceptors (Lipinski definition) is 6. The number of aliphatic hydroxyl groups is 1. The summed E-state index contributed by atoms with van der Waals surface area (Å²) in [5, 5.41) is 8.26.